The van der Waals surface area contributed by atoms with Gasteiger partial charge in [0.05, 0.1) is 10.8 Å². The Kier molecular flexibility index (Phi) is 5.83. The van der Waals surface area contributed by atoms with E-state index < -0.39 is 15.9 Å². The highest BCUT2D eigenvalue weighted by molar-refractivity contribution is 7.89. The normalized spacial score (nSPS) is 19.9. The van der Waals surface area contributed by atoms with E-state index in [-0.39, 0.29) is 29.7 Å². The molecule has 30 heavy (non-hydrogen) atoms. The van der Waals surface area contributed by atoms with Gasteiger partial charge in [0.25, 0.3) is 0 Å². The summed E-state index contributed by atoms with van der Waals surface area (Å²) in [6.45, 7) is 1.75. The van der Waals surface area contributed by atoms with Gasteiger partial charge in [0.2, 0.25) is 21.8 Å². The van der Waals surface area contributed by atoms with Gasteiger partial charge in [-0.15, -0.1) is 0 Å². The van der Waals surface area contributed by atoms with Crippen LogP contribution in [0.25, 0.3) is 0 Å². The average molecular weight is 429 g/mol. The van der Waals surface area contributed by atoms with Crippen molar-refractivity contribution in [1.82, 2.24) is 14.6 Å². The zero-order valence-corrected chi connectivity index (χ0v) is 17.3. The number of anilines is 1. The van der Waals surface area contributed by atoms with E-state index >= 15 is 0 Å². The van der Waals surface area contributed by atoms with Crippen LogP contribution in [-0.4, -0.2) is 49.2 Å². The Morgan fingerprint density at radius 2 is 1.73 bits per heavy atom. The minimum Gasteiger partial charge on any atom is -0.352 e. The summed E-state index contributed by atoms with van der Waals surface area (Å²) in [6, 6.07) is 9.99. The second-order valence-corrected chi connectivity index (χ2v) is 9.52. The molecule has 9 heteroatoms. The number of carbonyl (C=O) groups excluding carboxylic acids is 2. The van der Waals surface area contributed by atoms with Crippen LogP contribution in [0.15, 0.2) is 53.7 Å². The first kappa shape index (κ1) is 20.5. The average Bonchev–Trinajstić information content (AvgIpc) is 3.43. The van der Waals surface area contributed by atoms with Crippen molar-refractivity contribution in [2.75, 3.05) is 24.5 Å². The minimum absolute atomic E-state index is 0.135. The maximum absolute atomic E-state index is 12.7. The molecule has 158 valence electrons. The van der Waals surface area contributed by atoms with Crippen LogP contribution in [0.2, 0.25) is 0 Å². The van der Waals surface area contributed by atoms with E-state index in [0.29, 0.717) is 25.3 Å². The number of rotatable bonds is 6. The van der Waals surface area contributed by atoms with Crippen molar-refractivity contribution in [3.63, 3.8) is 0 Å². The van der Waals surface area contributed by atoms with Crippen molar-refractivity contribution >= 4 is 27.5 Å². The molecule has 2 aromatic rings. The fraction of sp³-hybridized carbons (Fsp3) is 0.381. The monoisotopic (exact) mass is 428 g/mol. The van der Waals surface area contributed by atoms with Gasteiger partial charge in [-0.1, -0.05) is 0 Å². The van der Waals surface area contributed by atoms with Crippen LogP contribution in [0.1, 0.15) is 24.8 Å². The molecule has 2 amide bonds. The third-order valence-corrected chi connectivity index (χ3v) is 7.48. The Morgan fingerprint density at radius 1 is 1.07 bits per heavy atom. The molecule has 1 N–H and O–H groups in total. The highest BCUT2D eigenvalue weighted by Crippen LogP contribution is 2.28. The number of aromatic nitrogens is 1. The maximum Gasteiger partial charge on any atom is 0.243 e. The third kappa shape index (κ3) is 4.22. The molecule has 0 saturated carbocycles. The number of amides is 2. The van der Waals surface area contributed by atoms with Gasteiger partial charge in [-0.2, -0.15) is 4.31 Å². The first-order valence-corrected chi connectivity index (χ1v) is 11.5. The lowest BCUT2D eigenvalue weighted by Crippen LogP contribution is -2.32. The number of nitrogens with one attached hydrogen (secondary N) is 1. The van der Waals surface area contributed by atoms with Crippen LogP contribution in [0, 0.1) is 5.92 Å². The van der Waals surface area contributed by atoms with E-state index in [2.05, 4.69) is 10.3 Å². The van der Waals surface area contributed by atoms with Gasteiger partial charge in [0.15, 0.2) is 0 Å². The molecular weight excluding hydrogens is 404 g/mol. The number of nitrogens with zero attached hydrogens (tertiary/aromatic N) is 3. The van der Waals surface area contributed by atoms with E-state index in [9.17, 15) is 18.0 Å². The predicted molar refractivity (Wildman–Crippen MR) is 111 cm³/mol. The molecule has 1 aromatic heterocycles. The van der Waals surface area contributed by atoms with Crippen molar-refractivity contribution in [3.05, 3.63) is 54.4 Å². The topological polar surface area (TPSA) is 99.7 Å². The van der Waals surface area contributed by atoms with Crippen molar-refractivity contribution in [2.24, 2.45) is 5.92 Å². The number of hydrogen-bond donors (Lipinski definition) is 1. The van der Waals surface area contributed by atoms with Crippen molar-refractivity contribution < 1.29 is 18.0 Å². The maximum atomic E-state index is 12.7. The molecular formula is C21H24N4O4S. The van der Waals surface area contributed by atoms with Crippen LogP contribution in [0.3, 0.4) is 0 Å². The van der Waals surface area contributed by atoms with Crippen LogP contribution in [0.5, 0.6) is 0 Å². The largest absolute Gasteiger partial charge is 0.352 e. The molecule has 1 aromatic carbocycles. The van der Waals surface area contributed by atoms with Gasteiger partial charge in [-0.05, 0) is 54.8 Å². The fourth-order valence-corrected chi connectivity index (χ4v) is 5.36. The molecule has 4 rings (SSSR count). The standard InChI is InChI=1S/C21H24N4O4S/c26-20-13-17(21(27)23-14-16-7-9-22-10-8-16)15-25(20)18-3-5-19(6-4-18)30(28,29)24-11-1-2-12-24/h3-10,17H,1-2,11-15H2,(H,23,27)/t17-/m1/s1. The highest BCUT2D eigenvalue weighted by atomic mass is 32.2. The van der Waals surface area contributed by atoms with E-state index in [0.717, 1.165) is 18.4 Å². The molecule has 0 aliphatic carbocycles. The predicted octanol–water partition coefficient (Wildman–Crippen LogP) is 1.54. The molecule has 3 heterocycles. The first-order chi connectivity index (χ1) is 14.4. The molecule has 2 aliphatic rings. The number of hydrogen-bond acceptors (Lipinski definition) is 5. The summed E-state index contributed by atoms with van der Waals surface area (Å²) in [5.41, 5.74) is 1.54. The van der Waals surface area contributed by atoms with E-state index in [1.807, 2.05) is 12.1 Å². The van der Waals surface area contributed by atoms with Gasteiger partial charge in [0.1, 0.15) is 0 Å². The highest BCUT2D eigenvalue weighted by Gasteiger charge is 2.35. The summed E-state index contributed by atoms with van der Waals surface area (Å²) < 4.78 is 26.8. The molecule has 0 radical (unpaired) electrons. The summed E-state index contributed by atoms with van der Waals surface area (Å²) in [5.74, 6) is -0.752. The lowest BCUT2D eigenvalue weighted by molar-refractivity contribution is -0.126. The molecule has 8 nitrogen and oxygen atoms in total. The Bertz CT molecular complexity index is 1020. The first-order valence-electron chi connectivity index (χ1n) is 10.0. The van der Waals surface area contributed by atoms with E-state index in [4.69, 9.17) is 0 Å². The van der Waals surface area contributed by atoms with E-state index in [1.165, 1.54) is 16.4 Å². The van der Waals surface area contributed by atoms with Crippen molar-refractivity contribution in [1.29, 1.82) is 0 Å². The molecule has 2 fully saturated rings. The van der Waals surface area contributed by atoms with Crippen LogP contribution in [-0.2, 0) is 26.2 Å². The molecule has 0 unspecified atom stereocenters. The minimum atomic E-state index is -3.49. The Balaban J connectivity index is 1.39. The summed E-state index contributed by atoms with van der Waals surface area (Å²) in [6.07, 6.45) is 5.22. The number of benzene rings is 1. The Labute approximate surface area is 175 Å². The van der Waals surface area contributed by atoms with Gasteiger partial charge in [-0.3, -0.25) is 14.6 Å². The lowest BCUT2D eigenvalue weighted by Gasteiger charge is -2.19. The lowest BCUT2D eigenvalue weighted by atomic mass is 10.1. The Morgan fingerprint density at radius 3 is 2.40 bits per heavy atom. The van der Waals surface area contributed by atoms with Crippen LogP contribution in [0.4, 0.5) is 5.69 Å². The molecule has 1 atom stereocenters. The molecule has 2 saturated heterocycles. The number of pyridine rings is 1. The summed E-state index contributed by atoms with van der Waals surface area (Å²) >= 11 is 0. The fourth-order valence-electron chi connectivity index (χ4n) is 3.84. The van der Waals surface area contributed by atoms with Crippen molar-refractivity contribution in [3.8, 4) is 0 Å². The third-order valence-electron chi connectivity index (χ3n) is 5.56. The zero-order chi connectivity index (χ0) is 21.1. The van der Waals surface area contributed by atoms with Crippen LogP contribution < -0.4 is 10.2 Å². The van der Waals surface area contributed by atoms with Gasteiger partial charge in [0, 0.05) is 50.7 Å². The quantitative estimate of drug-likeness (QED) is 0.752. The smallest absolute Gasteiger partial charge is 0.243 e. The van der Waals surface area contributed by atoms with Crippen molar-refractivity contribution in [2.45, 2.75) is 30.7 Å². The Hall–Kier alpha value is -2.78. The van der Waals surface area contributed by atoms with E-state index in [1.54, 1.807) is 29.4 Å². The number of carbonyl (C=O) groups is 2. The summed E-state index contributed by atoms with van der Waals surface area (Å²) in [5, 5.41) is 2.86. The SMILES string of the molecule is O=C(NCc1ccncc1)[C@@H]1CC(=O)N(c2ccc(S(=O)(=O)N3CCCC3)cc2)C1. The molecule has 0 spiro atoms. The zero-order valence-electron chi connectivity index (χ0n) is 16.5. The second kappa shape index (κ2) is 8.53. The van der Waals surface area contributed by atoms with Crippen LogP contribution >= 0.6 is 0 Å². The molecule has 2 aliphatic heterocycles. The van der Waals surface area contributed by atoms with Gasteiger partial charge < -0.3 is 10.2 Å². The number of sulfonamides is 1. The van der Waals surface area contributed by atoms with Gasteiger partial charge >= 0.3 is 0 Å². The summed E-state index contributed by atoms with van der Waals surface area (Å²) in [7, 11) is -3.49. The second-order valence-electron chi connectivity index (χ2n) is 7.58. The summed E-state index contributed by atoms with van der Waals surface area (Å²) in [4.78, 5) is 30.7. The van der Waals surface area contributed by atoms with Gasteiger partial charge in [-0.25, -0.2) is 8.42 Å². The molecule has 0 bridgehead atoms.